The van der Waals surface area contributed by atoms with Crippen LogP contribution < -0.4 is 5.73 Å². The van der Waals surface area contributed by atoms with E-state index in [1.165, 1.54) is 0 Å². The number of nitrogens with two attached hydrogens (primary N) is 1. The zero-order valence-corrected chi connectivity index (χ0v) is 5.86. The summed E-state index contributed by atoms with van der Waals surface area (Å²) in [6, 6.07) is 0. The second-order valence-electron chi connectivity index (χ2n) is 1.79. The van der Waals surface area contributed by atoms with Gasteiger partial charge in [0.25, 0.3) is 0 Å². The molecule has 0 amide bonds. The van der Waals surface area contributed by atoms with E-state index in [-0.39, 0.29) is 25.5 Å². The molecule has 0 aromatic rings. The Morgan fingerprint density at radius 1 is 1.64 bits per heavy atom. The van der Waals surface area contributed by atoms with Gasteiger partial charge in [0.1, 0.15) is 12.4 Å². The van der Waals surface area contributed by atoms with Crippen LogP contribution in [-0.2, 0) is 9.53 Å². The van der Waals surface area contributed by atoms with Gasteiger partial charge in [-0.1, -0.05) is 5.16 Å². The standard InChI is InChI=1S/C5H10N2O4/c6-4(7-10)1-2-11-3-5(8)9/h10H,1-3H2,(H2,6,7)(H,8,9). The fourth-order valence-electron chi connectivity index (χ4n) is 0.386. The quantitative estimate of drug-likeness (QED) is 0.162. The number of rotatable bonds is 5. The van der Waals surface area contributed by atoms with Crippen LogP contribution in [0.25, 0.3) is 0 Å². The highest BCUT2D eigenvalue weighted by molar-refractivity contribution is 5.79. The van der Waals surface area contributed by atoms with E-state index in [1.807, 2.05) is 0 Å². The molecule has 64 valence electrons. The van der Waals surface area contributed by atoms with E-state index in [0.29, 0.717) is 0 Å². The van der Waals surface area contributed by atoms with Gasteiger partial charge in [-0.05, 0) is 0 Å². The smallest absolute Gasteiger partial charge is 0.329 e. The van der Waals surface area contributed by atoms with E-state index in [2.05, 4.69) is 9.89 Å². The molecule has 0 heterocycles. The molecule has 0 rings (SSSR count). The third kappa shape index (κ3) is 6.59. The lowest BCUT2D eigenvalue weighted by atomic mass is 10.4. The Labute approximate surface area is 63.3 Å². The average Bonchev–Trinajstić information content (AvgIpc) is 1.97. The number of hydrogen-bond donors (Lipinski definition) is 3. The molecule has 0 aliphatic heterocycles. The third-order valence-electron chi connectivity index (χ3n) is 0.857. The highest BCUT2D eigenvalue weighted by Crippen LogP contribution is 1.82. The largest absolute Gasteiger partial charge is 0.480 e. The van der Waals surface area contributed by atoms with Crippen molar-refractivity contribution in [1.29, 1.82) is 0 Å². The summed E-state index contributed by atoms with van der Waals surface area (Å²) < 4.78 is 4.60. The summed E-state index contributed by atoms with van der Waals surface area (Å²) in [5.74, 6) is -1.01. The fourth-order valence-corrected chi connectivity index (χ4v) is 0.386. The number of carboxylic acid groups (broad SMARTS) is 1. The maximum atomic E-state index is 9.88. The van der Waals surface area contributed by atoms with Crippen LogP contribution in [0.1, 0.15) is 6.42 Å². The number of carboxylic acids is 1. The van der Waals surface area contributed by atoms with E-state index in [1.54, 1.807) is 0 Å². The van der Waals surface area contributed by atoms with E-state index in [0.717, 1.165) is 0 Å². The first kappa shape index (κ1) is 9.70. The van der Waals surface area contributed by atoms with Crippen LogP contribution in [0.3, 0.4) is 0 Å². The summed E-state index contributed by atoms with van der Waals surface area (Å²) in [6.45, 7) is -0.221. The van der Waals surface area contributed by atoms with Crippen LogP contribution >= 0.6 is 0 Å². The molecular formula is C5H10N2O4. The second-order valence-corrected chi connectivity index (χ2v) is 1.79. The Morgan fingerprint density at radius 3 is 2.73 bits per heavy atom. The maximum Gasteiger partial charge on any atom is 0.329 e. The van der Waals surface area contributed by atoms with Gasteiger partial charge in [-0.3, -0.25) is 0 Å². The molecule has 0 aliphatic rings. The lowest BCUT2D eigenvalue weighted by molar-refractivity contribution is -0.142. The average molecular weight is 162 g/mol. The number of aliphatic carboxylic acids is 1. The van der Waals surface area contributed by atoms with Crippen LogP contribution in [-0.4, -0.2) is 35.3 Å². The minimum Gasteiger partial charge on any atom is -0.480 e. The predicted octanol–water partition coefficient (Wildman–Crippen LogP) is -0.776. The molecule has 0 aromatic carbocycles. The zero-order valence-electron chi connectivity index (χ0n) is 5.86. The Bertz CT molecular complexity index is 157. The van der Waals surface area contributed by atoms with Crippen molar-refractivity contribution in [1.82, 2.24) is 0 Å². The van der Waals surface area contributed by atoms with Gasteiger partial charge >= 0.3 is 5.97 Å². The van der Waals surface area contributed by atoms with E-state index < -0.39 is 5.97 Å². The van der Waals surface area contributed by atoms with Gasteiger partial charge < -0.3 is 20.8 Å². The molecule has 6 heteroatoms. The molecular weight excluding hydrogens is 152 g/mol. The number of nitrogens with zero attached hydrogens (tertiary/aromatic N) is 1. The topological polar surface area (TPSA) is 105 Å². The van der Waals surface area contributed by atoms with Crippen LogP contribution in [0.4, 0.5) is 0 Å². The summed E-state index contributed by atoms with van der Waals surface area (Å²) in [6.07, 6.45) is 0.226. The monoisotopic (exact) mass is 162 g/mol. The number of amidine groups is 1. The van der Waals surface area contributed by atoms with Crippen LogP contribution in [0.15, 0.2) is 5.16 Å². The van der Waals surface area contributed by atoms with Gasteiger partial charge in [0, 0.05) is 6.42 Å². The summed E-state index contributed by atoms with van der Waals surface area (Å²) in [5, 5.41) is 18.8. The molecule has 0 aromatic heterocycles. The van der Waals surface area contributed by atoms with Crippen molar-refractivity contribution in [2.75, 3.05) is 13.2 Å². The molecule has 0 unspecified atom stereocenters. The van der Waals surface area contributed by atoms with Crippen LogP contribution in [0, 0.1) is 0 Å². The minimum atomic E-state index is -1.04. The van der Waals surface area contributed by atoms with Crippen molar-refractivity contribution in [3.63, 3.8) is 0 Å². The summed E-state index contributed by atoms with van der Waals surface area (Å²) in [4.78, 5) is 9.88. The van der Waals surface area contributed by atoms with Crippen molar-refractivity contribution in [3.05, 3.63) is 0 Å². The molecule has 0 atom stereocenters. The SMILES string of the molecule is N/C(CCOCC(=O)O)=N/O. The number of hydrogen-bond acceptors (Lipinski definition) is 4. The lowest BCUT2D eigenvalue weighted by Gasteiger charge is -1.98. The Morgan fingerprint density at radius 2 is 2.27 bits per heavy atom. The summed E-state index contributed by atoms with van der Waals surface area (Å²) in [7, 11) is 0. The van der Waals surface area contributed by atoms with Crippen molar-refractivity contribution in [3.8, 4) is 0 Å². The zero-order chi connectivity index (χ0) is 8.69. The minimum absolute atomic E-state index is 0.0235. The molecule has 0 fully saturated rings. The predicted molar refractivity (Wildman–Crippen MR) is 36.5 cm³/mol. The highest BCUT2D eigenvalue weighted by atomic mass is 16.5. The van der Waals surface area contributed by atoms with E-state index in [4.69, 9.17) is 16.0 Å². The first-order valence-electron chi connectivity index (χ1n) is 2.92. The second kappa shape index (κ2) is 5.48. The number of carbonyl (C=O) groups is 1. The summed E-state index contributed by atoms with van der Waals surface area (Å²) >= 11 is 0. The van der Waals surface area contributed by atoms with Gasteiger partial charge in [0.2, 0.25) is 0 Å². The highest BCUT2D eigenvalue weighted by Gasteiger charge is 1.97. The molecule has 6 nitrogen and oxygen atoms in total. The molecule has 0 bridgehead atoms. The van der Waals surface area contributed by atoms with Crippen molar-refractivity contribution in [2.45, 2.75) is 6.42 Å². The van der Waals surface area contributed by atoms with Crippen molar-refractivity contribution in [2.24, 2.45) is 10.9 Å². The van der Waals surface area contributed by atoms with E-state index >= 15 is 0 Å². The fraction of sp³-hybridized carbons (Fsp3) is 0.600. The van der Waals surface area contributed by atoms with Gasteiger partial charge in [-0.25, -0.2) is 4.79 Å². The Kier molecular flexibility index (Phi) is 4.83. The van der Waals surface area contributed by atoms with Crippen LogP contribution in [0.2, 0.25) is 0 Å². The molecule has 11 heavy (non-hydrogen) atoms. The van der Waals surface area contributed by atoms with E-state index in [9.17, 15) is 4.79 Å². The first-order chi connectivity index (χ1) is 5.16. The Balaban J connectivity index is 3.21. The normalized spacial score (nSPS) is 11.5. The van der Waals surface area contributed by atoms with Gasteiger partial charge in [0.15, 0.2) is 0 Å². The van der Waals surface area contributed by atoms with Crippen LogP contribution in [0.5, 0.6) is 0 Å². The number of ether oxygens (including phenoxy) is 1. The third-order valence-corrected chi connectivity index (χ3v) is 0.857. The molecule has 4 N–H and O–H groups in total. The molecule has 0 aliphatic carbocycles. The number of oxime groups is 1. The summed E-state index contributed by atoms with van der Waals surface area (Å²) in [5.41, 5.74) is 5.06. The molecule has 0 radical (unpaired) electrons. The molecule has 0 saturated carbocycles. The van der Waals surface area contributed by atoms with Crippen molar-refractivity contribution < 1.29 is 19.8 Å². The van der Waals surface area contributed by atoms with Crippen molar-refractivity contribution >= 4 is 11.8 Å². The van der Waals surface area contributed by atoms with Gasteiger partial charge in [-0.2, -0.15) is 0 Å². The van der Waals surface area contributed by atoms with Gasteiger partial charge in [-0.15, -0.1) is 0 Å². The maximum absolute atomic E-state index is 9.88. The van der Waals surface area contributed by atoms with Gasteiger partial charge in [0.05, 0.1) is 6.61 Å². The first-order valence-corrected chi connectivity index (χ1v) is 2.92. The molecule has 0 saturated heterocycles. The Hall–Kier alpha value is -1.30. The lowest BCUT2D eigenvalue weighted by Crippen LogP contribution is -2.16. The molecule has 0 spiro atoms.